The van der Waals surface area contributed by atoms with Gasteiger partial charge in [-0.1, -0.05) is 60.7 Å². The number of fused-ring (bicyclic) bond motifs is 1. The van der Waals surface area contributed by atoms with Crippen LogP contribution in [0.5, 0.6) is 0 Å². The molecule has 0 aliphatic heterocycles. The summed E-state index contributed by atoms with van der Waals surface area (Å²) in [6, 6.07) is 21.2. The van der Waals surface area contributed by atoms with Gasteiger partial charge in [0.15, 0.2) is 0 Å². The van der Waals surface area contributed by atoms with E-state index in [1.807, 2.05) is 42.5 Å². The van der Waals surface area contributed by atoms with E-state index in [0.29, 0.717) is 16.5 Å². The third kappa shape index (κ3) is 5.48. The summed E-state index contributed by atoms with van der Waals surface area (Å²) in [6.45, 7) is 0. The first kappa shape index (κ1) is 23.8. The fourth-order valence-electron chi connectivity index (χ4n) is 3.06. The topological polar surface area (TPSA) is 118 Å². The SMILES string of the molecule is Nc1c(N=Nc2ccc(C=Cc3ccccc3)nc2)cc(S(=O)(=O)O)c2ccccc12.[H-].[Na+]. The van der Waals surface area contributed by atoms with Crippen molar-refractivity contribution in [2.75, 3.05) is 5.73 Å². The van der Waals surface area contributed by atoms with E-state index in [2.05, 4.69) is 15.2 Å². The predicted molar refractivity (Wildman–Crippen MR) is 123 cm³/mol. The molecule has 4 aromatic rings. The summed E-state index contributed by atoms with van der Waals surface area (Å²) in [5, 5.41) is 8.98. The number of hydrogen-bond donors (Lipinski definition) is 2. The predicted octanol–water partition coefficient (Wildman–Crippen LogP) is 2.77. The van der Waals surface area contributed by atoms with Crippen LogP contribution in [0.1, 0.15) is 12.7 Å². The normalized spacial score (nSPS) is 11.8. The maximum Gasteiger partial charge on any atom is 1.00 e. The second-order valence-corrected chi connectivity index (χ2v) is 8.10. The van der Waals surface area contributed by atoms with Gasteiger partial charge in [-0.05, 0) is 29.8 Å². The van der Waals surface area contributed by atoms with Crippen LogP contribution < -0.4 is 35.3 Å². The van der Waals surface area contributed by atoms with Crippen LogP contribution in [-0.2, 0) is 10.1 Å². The number of hydrogen-bond acceptors (Lipinski definition) is 6. The Bertz CT molecular complexity index is 1410. The molecule has 7 nitrogen and oxygen atoms in total. The van der Waals surface area contributed by atoms with Crippen LogP contribution >= 0.6 is 0 Å². The number of aromatic nitrogens is 1. The van der Waals surface area contributed by atoms with Gasteiger partial charge in [-0.3, -0.25) is 9.54 Å². The summed E-state index contributed by atoms with van der Waals surface area (Å²) in [5.74, 6) is 0. The molecule has 0 atom stereocenters. The summed E-state index contributed by atoms with van der Waals surface area (Å²) in [6.07, 6.45) is 5.39. The van der Waals surface area contributed by atoms with Crippen molar-refractivity contribution in [3.63, 3.8) is 0 Å². The van der Waals surface area contributed by atoms with Crippen LogP contribution in [0.3, 0.4) is 0 Å². The first-order valence-corrected chi connectivity index (χ1v) is 10.8. The van der Waals surface area contributed by atoms with Gasteiger partial charge in [-0.15, -0.1) is 10.2 Å². The third-order valence-electron chi connectivity index (χ3n) is 4.59. The van der Waals surface area contributed by atoms with Crippen molar-refractivity contribution in [1.82, 2.24) is 4.98 Å². The number of benzene rings is 3. The van der Waals surface area contributed by atoms with Gasteiger partial charge in [0.2, 0.25) is 0 Å². The van der Waals surface area contributed by atoms with Crippen LogP contribution in [0.4, 0.5) is 17.1 Å². The average Bonchev–Trinajstić information content (AvgIpc) is 2.78. The molecule has 0 spiro atoms. The van der Waals surface area contributed by atoms with E-state index in [1.165, 1.54) is 6.07 Å². The number of rotatable bonds is 5. The molecule has 1 aromatic heterocycles. The Hall–Kier alpha value is -2.88. The molecule has 0 bridgehead atoms. The zero-order valence-corrected chi connectivity index (χ0v) is 20.1. The molecule has 0 unspecified atom stereocenters. The van der Waals surface area contributed by atoms with E-state index in [1.54, 1.807) is 42.6 Å². The molecule has 156 valence electrons. The summed E-state index contributed by atoms with van der Waals surface area (Å²) in [4.78, 5) is 4.06. The first-order chi connectivity index (χ1) is 14.9. The Morgan fingerprint density at radius 1 is 0.906 bits per heavy atom. The average molecular weight is 454 g/mol. The van der Waals surface area contributed by atoms with Gasteiger partial charge in [0.05, 0.1) is 17.6 Å². The molecule has 0 saturated carbocycles. The quantitative estimate of drug-likeness (QED) is 0.208. The van der Waals surface area contributed by atoms with Crippen molar-refractivity contribution in [1.29, 1.82) is 0 Å². The molecule has 0 aliphatic carbocycles. The summed E-state index contributed by atoms with van der Waals surface area (Å²) in [7, 11) is -4.46. The van der Waals surface area contributed by atoms with Gasteiger partial charge in [0.1, 0.15) is 16.3 Å². The van der Waals surface area contributed by atoms with Gasteiger partial charge >= 0.3 is 29.6 Å². The number of nitrogens with zero attached hydrogens (tertiary/aromatic N) is 3. The van der Waals surface area contributed by atoms with Crippen LogP contribution in [-0.4, -0.2) is 18.0 Å². The van der Waals surface area contributed by atoms with E-state index < -0.39 is 10.1 Å². The molecule has 0 saturated heterocycles. The van der Waals surface area contributed by atoms with Crippen LogP contribution in [0.25, 0.3) is 22.9 Å². The van der Waals surface area contributed by atoms with E-state index in [4.69, 9.17) is 5.73 Å². The molecular weight excluding hydrogens is 435 g/mol. The third-order valence-corrected chi connectivity index (χ3v) is 5.49. The number of nitrogens with two attached hydrogens (primary N) is 1. The maximum absolute atomic E-state index is 11.8. The molecule has 3 aromatic carbocycles. The Kier molecular flexibility index (Phi) is 7.55. The van der Waals surface area contributed by atoms with E-state index >= 15 is 0 Å². The zero-order chi connectivity index (χ0) is 21.8. The minimum absolute atomic E-state index is 0. The van der Waals surface area contributed by atoms with Crippen LogP contribution in [0, 0.1) is 0 Å². The Balaban J connectivity index is 0.00000193. The molecule has 3 N–H and O–H groups in total. The van der Waals surface area contributed by atoms with Gasteiger partial charge in [-0.25, -0.2) is 0 Å². The molecule has 4 rings (SSSR count). The standard InChI is InChI=1S/C23H18N4O3S.Na.H/c24-23-20-9-5-4-8-19(20)22(31(28,29)30)14-21(23)27-26-18-13-12-17(25-15-18)11-10-16-6-2-1-3-7-16;;/h1-15H,24H2,(H,28,29,30);;/q;+1;-1. The van der Waals surface area contributed by atoms with E-state index in [0.717, 1.165) is 11.3 Å². The van der Waals surface area contributed by atoms with Gasteiger partial charge in [0, 0.05) is 10.8 Å². The molecule has 1 heterocycles. The number of anilines is 1. The zero-order valence-electron chi connectivity index (χ0n) is 18.3. The van der Waals surface area contributed by atoms with Gasteiger partial charge in [-0.2, -0.15) is 8.42 Å². The number of azo groups is 1. The molecule has 32 heavy (non-hydrogen) atoms. The minimum atomic E-state index is -4.46. The molecule has 0 amide bonds. The summed E-state index contributed by atoms with van der Waals surface area (Å²) < 4.78 is 33.2. The van der Waals surface area contributed by atoms with Gasteiger partial charge < -0.3 is 7.16 Å². The largest absolute Gasteiger partial charge is 1.00 e. The van der Waals surface area contributed by atoms with Gasteiger partial charge in [0.25, 0.3) is 10.1 Å². The van der Waals surface area contributed by atoms with Crippen molar-refractivity contribution in [2.45, 2.75) is 4.90 Å². The van der Waals surface area contributed by atoms with Crippen molar-refractivity contribution in [3.05, 3.63) is 90.3 Å². The molecular formula is C23H19N4NaO3S. The van der Waals surface area contributed by atoms with E-state index in [9.17, 15) is 13.0 Å². The van der Waals surface area contributed by atoms with E-state index in [-0.39, 0.29) is 47.3 Å². The van der Waals surface area contributed by atoms with Crippen LogP contribution in [0.2, 0.25) is 0 Å². The Labute approximate surface area is 209 Å². The monoisotopic (exact) mass is 454 g/mol. The second-order valence-electron chi connectivity index (χ2n) is 6.71. The Morgan fingerprint density at radius 3 is 2.25 bits per heavy atom. The van der Waals surface area contributed by atoms with Crippen molar-refractivity contribution in [3.8, 4) is 0 Å². The van der Waals surface area contributed by atoms with Crippen molar-refractivity contribution >= 4 is 50.1 Å². The number of nitrogen functional groups attached to an aromatic ring is 1. The van der Waals surface area contributed by atoms with Crippen LogP contribution in [0.15, 0.2) is 94.1 Å². The second kappa shape index (κ2) is 10.2. The smallest absolute Gasteiger partial charge is 1.00 e. The van der Waals surface area contributed by atoms with Crippen molar-refractivity contribution in [2.24, 2.45) is 10.2 Å². The Morgan fingerprint density at radius 2 is 1.59 bits per heavy atom. The summed E-state index contributed by atoms with van der Waals surface area (Å²) >= 11 is 0. The fraction of sp³-hybridized carbons (Fsp3) is 0. The number of pyridine rings is 1. The minimum Gasteiger partial charge on any atom is -1.00 e. The molecule has 0 aliphatic rings. The maximum atomic E-state index is 11.8. The first-order valence-electron chi connectivity index (χ1n) is 9.31. The summed E-state index contributed by atoms with van der Waals surface area (Å²) in [5.41, 5.74) is 8.85. The molecule has 9 heteroatoms. The molecule has 0 fully saturated rings. The van der Waals surface area contributed by atoms with Crippen molar-refractivity contribution < 1.29 is 44.0 Å². The molecule has 0 radical (unpaired) electrons. The fourth-order valence-corrected chi connectivity index (χ4v) is 3.78.